The first-order chi connectivity index (χ1) is 14.1. The Hall–Kier alpha value is -3.00. The second-order valence-corrected chi connectivity index (χ2v) is 7.88. The maximum atomic E-state index is 13.3. The van der Waals surface area contributed by atoms with Crippen LogP contribution in [0, 0.1) is 6.92 Å². The molecule has 0 bridgehead atoms. The second-order valence-electron chi connectivity index (χ2n) is 7.10. The standard InChI is InChI=1S/C21H22N4O3S/c1-15-22-19(28-23-15)12-18-21(27)24(13-16-5-3-2-4-6-16)8-9-25(18)20(26)11-17-7-10-29-14-17/h2-7,10,14,18H,8-9,11-13H2,1H3. The average Bonchev–Trinajstić information content (AvgIpc) is 3.37. The quantitative estimate of drug-likeness (QED) is 0.624. The molecular formula is C21H22N4O3S. The Balaban J connectivity index is 1.54. The van der Waals surface area contributed by atoms with Gasteiger partial charge in [0.15, 0.2) is 5.82 Å². The molecule has 0 radical (unpaired) electrons. The number of aromatic nitrogens is 2. The lowest BCUT2D eigenvalue weighted by Gasteiger charge is -2.40. The Bertz CT molecular complexity index is 971. The SMILES string of the molecule is Cc1noc(CC2C(=O)N(Cc3ccccc3)CCN2C(=O)Cc2ccsc2)n1. The number of rotatable bonds is 6. The number of aryl methyl sites for hydroxylation is 1. The Morgan fingerprint density at radius 1 is 1.21 bits per heavy atom. The van der Waals surface area contributed by atoms with Crippen LogP contribution in [0.2, 0.25) is 0 Å². The van der Waals surface area contributed by atoms with Gasteiger partial charge in [-0.15, -0.1) is 0 Å². The number of nitrogens with zero attached hydrogens (tertiary/aromatic N) is 4. The largest absolute Gasteiger partial charge is 0.339 e. The minimum absolute atomic E-state index is 0.0580. The Morgan fingerprint density at radius 3 is 2.72 bits per heavy atom. The molecule has 3 heterocycles. The van der Waals surface area contributed by atoms with E-state index < -0.39 is 6.04 Å². The summed E-state index contributed by atoms with van der Waals surface area (Å²) in [4.78, 5) is 34.0. The van der Waals surface area contributed by atoms with Gasteiger partial charge in [0.2, 0.25) is 17.7 Å². The Labute approximate surface area is 172 Å². The van der Waals surface area contributed by atoms with Gasteiger partial charge in [-0.05, 0) is 34.9 Å². The lowest BCUT2D eigenvalue weighted by Crippen LogP contribution is -2.59. The fraction of sp³-hybridized carbons (Fsp3) is 0.333. The maximum Gasteiger partial charge on any atom is 0.246 e. The number of benzene rings is 1. The summed E-state index contributed by atoms with van der Waals surface area (Å²) in [5.74, 6) is 0.739. The van der Waals surface area contributed by atoms with Gasteiger partial charge in [0.1, 0.15) is 6.04 Å². The molecule has 4 rings (SSSR count). The Morgan fingerprint density at radius 2 is 2.03 bits per heavy atom. The van der Waals surface area contributed by atoms with E-state index in [0.717, 1.165) is 11.1 Å². The number of hydrogen-bond acceptors (Lipinski definition) is 6. The van der Waals surface area contributed by atoms with Crippen molar-refractivity contribution in [1.82, 2.24) is 19.9 Å². The molecule has 2 aromatic heterocycles. The minimum atomic E-state index is -0.640. The molecule has 1 atom stereocenters. The highest BCUT2D eigenvalue weighted by atomic mass is 32.1. The smallest absolute Gasteiger partial charge is 0.246 e. The van der Waals surface area contributed by atoms with E-state index in [-0.39, 0.29) is 24.7 Å². The molecule has 1 unspecified atom stereocenters. The van der Waals surface area contributed by atoms with Crippen LogP contribution in [0.3, 0.4) is 0 Å². The lowest BCUT2D eigenvalue weighted by molar-refractivity contribution is -0.151. The molecule has 0 aliphatic carbocycles. The third-order valence-corrected chi connectivity index (χ3v) is 5.73. The molecule has 7 nitrogen and oxygen atoms in total. The fourth-order valence-electron chi connectivity index (χ4n) is 3.55. The van der Waals surface area contributed by atoms with Gasteiger partial charge in [0.25, 0.3) is 0 Å². The fourth-order valence-corrected chi connectivity index (χ4v) is 4.22. The molecule has 29 heavy (non-hydrogen) atoms. The molecule has 1 aliphatic rings. The highest BCUT2D eigenvalue weighted by molar-refractivity contribution is 7.08. The zero-order valence-electron chi connectivity index (χ0n) is 16.2. The zero-order valence-corrected chi connectivity index (χ0v) is 17.0. The summed E-state index contributed by atoms with van der Waals surface area (Å²) in [5.41, 5.74) is 2.03. The van der Waals surface area contributed by atoms with E-state index in [2.05, 4.69) is 10.1 Å². The van der Waals surface area contributed by atoms with E-state index in [1.807, 2.05) is 47.2 Å². The van der Waals surface area contributed by atoms with Gasteiger partial charge in [-0.3, -0.25) is 9.59 Å². The van der Waals surface area contributed by atoms with Crippen LogP contribution < -0.4 is 0 Å². The highest BCUT2D eigenvalue weighted by Gasteiger charge is 2.38. The van der Waals surface area contributed by atoms with Crippen LogP contribution in [0.15, 0.2) is 51.7 Å². The van der Waals surface area contributed by atoms with Gasteiger partial charge >= 0.3 is 0 Å². The lowest BCUT2D eigenvalue weighted by atomic mass is 10.0. The summed E-state index contributed by atoms with van der Waals surface area (Å²) >= 11 is 1.56. The van der Waals surface area contributed by atoms with Crippen LogP contribution in [-0.2, 0) is 29.0 Å². The molecule has 150 valence electrons. The second kappa shape index (κ2) is 8.57. The van der Waals surface area contributed by atoms with Crippen molar-refractivity contribution in [2.45, 2.75) is 32.4 Å². The van der Waals surface area contributed by atoms with E-state index in [9.17, 15) is 9.59 Å². The minimum Gasteiger partial charge on any atom is -0.339 e. The predicted octanol–water partition coefficient (Wildman–Crippen LogP) is 2.46. The molecule has 1 aliphatic heterocycles. The van der Waals surface area contributed by atoms with Gasteiger partial charge in [-0.1, -0.05) is 35.5 Å². The summed E-state index contributed by atoms with van der Waals surface area (Å²) in [7, 11) is 0. The van der Waals surface area contributed by atoms with Crippen molar-refractivity contribution >= 4 is 23.2 Å². The van der Waals surface area contributed by atoms with E-state index in [0.29, 0.717) is 31.3 Å². The topological polar surface area (TPSA) is 79.5 Å². The van der Waals surface area contributed by atoms with Crippen LogP contribution in [0.5, 0.6) is 0 Å². The maximum absolute atomic E-state index is 13.3. The number of carbonyl (C=O) groups is 2. The van der Waals surface area contributed by atoms with Gasteiger partial charge in [-0.2, -0.15) is 16.3 Å². The number of piperazine rings is 1. The average molecular weight is 410 g/mol. The first kappa shape index (κ1) is 19.3. The highest BCUT2D eigenvalue weighted by Crippen LogP contribution is 2.20. The number of carbonyl (C=O) groups excluding carboxylic acids is 2. The summed E-state index contributed by atoms with van der Waals surface area (Å²) in [6, 6.07) is 11.2. The zero-order chi connectivity index (χ0) is 20.2. The van der Waals surface area contributed by atoms with Crippen LogP contribution in [-0.4, -0.2) is 50.9 Å². The van der Waals surface area contributed by atoms with Crippen LogP contribution in [0.1, 0.15) is 22.8 Å². The Kier molecular flexibility index (Phi) is 5.71. The van der Waals surface area contributed by atoms with Gasteiger partial charge < -0.3 is 14.3 Å². The molecule has 0 saturated carbocycles. The van der Waals surface area contributed by atoms with Crippen molar-refractivity contribution in [3.63, 3.8) is 0 Å². The molecule has 2 amide bonds. The summed E-state index contributed by atoms with van der Waals surface area (Å²) in [6.45, 7) is 3.24. The molecular weight excluding hydrogens is 388 g/mol. The van der Waals surface area contributed by atoms with Crippen LogP contribution >= 0.6 is 11.3 Å². The summed E-state index contributed by atoms with van der Waals surface area (Å²) < 4.78 is 5.23. The molecule has 1 fully saturated rings. The molecule has 0 N–H and O–H groups in total. The van der Waals surface area contributed by atoms with Crippen molar-refractivity contribution in [2.24, 2.45) is 0 Å². The molecule has 3 aromatic rings. The van der Waals surface area contributed by atoms with E-state index in [4.69, 9.17) is 4.52 Å². The molecule has 8 heteroatoms. The van der Waals surface area contributed by atoms with E-state index in [1.165, 1.54) is 0 Å². The third kappa shape index (κ3) is 4.54. The van der Waals surface area contributed by atoms with Crippen LogP contribution in [0.25, 0.3) is 0 Å². The van der Waals surface area contributed by atoms with Gasteiger partial charge in [0.05, 0.1) is 12.8 Å². The third-order valence-electron chi connectivity index (χ3n) is 4.99. The van der Waals surface area contributed by atoms with Gasteiger partial charge in [0, 0.05) is 19.6 Å². The first-order valence-corrected chi connectivity index (χ1v) is 10.5. The summed E-state index contributed by atoms with van der Waals surface area (Å²) in [5, 5.41) is 7.72. The van der Waals surface area contributed by atoms with Crippen molar-refractivity contribution in [3.05, 3.63) is 70.0 Å². The number of hydrogen-bond donors (Lipinski definition) is 0. The van der Waals surface area contributed by atoms with Crippen molar-refractivity contribution < 1.29 is 14.1 Å². The number of thiophene rings is 1. The van der Waals surface area contributed by atoms with Crippen molar-refractivity contribution in [3.8, 4) is 0 Å². The predicted molar refractivity (Wildman–Crippen MR) is 108 cm³/mol. The van der Waals surface area contributed by atoms with Gasteiger partial charge in [-0.25, -0.2) is 0 Å². The van der Waals surface area contributed by atoms with E-state index >= 15 is 0 Å². The first-order valence-electron chi connectivity index (χ1n) is 9.52. The number of amides is 2. The monoisotopic (exact) mass is 410 g/mol. The normalized spacial score (nSPS) is 17.0. The summed E-state index contributed by atoms with van der Waals surface area (Å²) in [6.07, 6.45) is 0.509. The molecule has 1 saturated heterocycles. The molecule has 1 aromatic carbocycles. The van der Waals surface area contributed by atoms with Crippen molar-refractivity contribution in [2.75, 3.05) is 13.1 Å². The van der Waals surface area contributed by atoms with Crippen LogP contribution in [0.4, 0.5) is 0 Å². The van der Waals surface area contributed by atoms with E-state index in [1.54, 1.807) is 28.1 Å². The van der Waals surface area contributed by atoms with Crippen molar-refractivity contribution in [1.29, 1.82) is 0 Å². The molecule has 0 spiro atoms.